The Bertz CT molecular complexity index is 1030. The van der Waals surface area contributed by atoms with Crippen molar-refractivity contribution in [1.82, 2.24) is 4.90 Å². The minimum absolute atomic E-state index is 0.0580. The number of carbonyl (C=O) groups excluding carboxylic acids is 4. The Morgan fingerprint density at radius 3 is 2.27 bits per heavy atom. The van der Waals surface area contributed by atoms with Gasteiger partial charge in [-0.25, -0.2) is 4.79 Å². The van der Waals surface area contributed by atoms with Gasteiger partial charge in [-0.05, 0) is 41.2 Å². The molecule has 1 aromatic carbocycles. The van der Waals surface area contributed by atoms with Gasteiger partial charge in [0.15, 0.2) is 15.9 Å². The normalized spacial score (nSPS) is 15.8. The first-order valence-electron chi connectivity index (χ1n) is 9.36. The fourth-order valence-electron chi connectivity index (χ4n) is 2.68. The second kappa shape index (κ2) is 11.9. The molecular weight excluding hydrogens is 492 g/mol. The SMILES string of the molecule is C=CCS(=O)C1CC(=O)N1C(C(=O)OCc1ccc([N+](=O)[O-])cc1)=C(SC(C)=O)SC(C)=O. The molecule has 2 unspecified atom stereocenters. The second-order valence-corrected chi connectivity index (χ2v) is 10.9. The fraction of sp³-hybridized carbons (Fsp3) is 0.300. The summed E-state index contributed by atoms with van der Waals surface area (Å²) in [7, 11) is -1.56. The van der Waals surface area contributed by atoms with Crippen LogP contribution in [0.1, 0.15) is 25.8 Å². The number of amides is 1. The highest BCUT2D eigenvalue weighted by atomic mass is 32.2. The first-order valence-corrected chi connectivity index (χ1v) is 12.4. The molecule has 0 spiro atoms. The molecule has 2 atom stereocenters. The average molecular weight is 513 g/mol. The number of esters is 1. The Labute approximate surface area is 200 Å². The summed E-state index contributed by atoms with van der Waals surface area (Å²) in [5, 5.41) is 9.07. The summed E-state index contributed by atoms with van der Waals surface area (Å²) in [6.07, 6.45) is 1.34. The van der Waals surface area contributed by atoms with Crippen LogP contribution in [0, 0.1) is 10.1 Å². The number of nitrogens with zero attached hydrogens (tertiary/aromatic N) is 2. The summed E-state index contributed by atoms with van der Waals surface area (Å²) in [6, 6.07) is 5.30. The maximum Gasteiger partial charge on any atom is 0.357 e. The molecule has 1 heterocycles. The molecule has 1 fully saturated rings. The third-order valence-electron chi connectivity index (χ3n) is 4.11. The van der Waals surface area contributed by atoms with Crippen molar-refractivity contribution in [3.8, 4) is 0 Å². The zero-order valence-electron chi connectivity index (χ0n) is 17.7. The van der Waals surface area contributed by atoms with Gasteiger partial charge in [0.25, 0.3) is 5.69 Å². The summed E-state index contributed by atoms with van der Waals surface area (Å²) in [6.45, 7) is 5.70. The van der Waals surface area contributed by atoms with Crippen LogP contribution in [-0.4, -0.2) is 47.3 Å². The Balaban J connectivity index is 2.40. The maximum atomic E-state index is 13.1. The summed E-state index contributed by atoms with van der Waals surface area (Å²) in [4.78, 5) is 60.2. The number of hydrogen-bond acceptors (Lipinski definition) is 10. The first-order chi connectivity index (χ1) is 15.5. The number of nitro benzene ring substituents is 1. The molecule has 1 amide bonds. The molecule has 0 aliphatic carbocycles. The standard InChI is InChI=1S/C20H20N2O8S3/c1-4-9-33(29)17-10-16(25)21(17)18(20(31-12(2)23)32-13(3)24)19(26)30-11-14-5-7-15(8-6-14)22(27)28/h4-8,17H,1,9-11H2,2-3H3. The average Bonchev–Trinajstić information content (AvgIpc) is 2.73. The van der Waals surface area contributed by atoms with Crippen molar-refractivity contribution in [2.24, 2.45) is 0 Å². The van der Waals surface area contributed by atoms with Gasteiger partial charge in [-0.1, -0.05) is 6.08 Å². The van der Waals surface area contributed by atoms with Gasteiger partial charge < -0.3 is 4.74 Å². The third-order valence-corrected chi connectivity index (χ3v) is 7.49. The highest BCUT2D eigenvalue weighted by Crippen LogP contribution is 2.39. The molecule has 13 heteroatoms. The highest BCUT2D eigenvalue weighted by molar-refractivity contribution is 8.34. The fourth-order valence-corrected chi connectivity index (χ4v) is 5.87. The van der Waals surface area contributed by atoms with E-state index in [-0.39, 0.29) is 34.4 Å². The molecule has 1 aliphatic rings. The number of carbonyl (C=O) groups is 4. The van der Waals surface area contributed by atoms with E-state index in [4.69, 9.17) is 4.74 Å². The second-order valence-electron chi connectivity index (χ2n) is 6.58. The molecule has 176 valence electrons. The molecule has 2 rings (SSSR count). The van der Waals surface area contributed by atoms with Crippen molar-refractivity contribution in [3.63, 3.8) is 0 Å². The van der Waals surface area contributed by atoms with E-state index in [0.717, 1.165) is 4.90 Å². The van der Waals surface area contributed by atoms with E-state index in [2.05, 4.69) is 6.58 Å². The van der Waals surface area contributed by atoms with Crippen LogP contribution in [-0.2, 0) is 41.3 Å². The molecule has 0 radical (unpaired) electrons. The Kier molecular flexibility index (Phi) is 9.56. The zero-order valence-corrected chi connectivity index (χ0v) is 20.1. The van der Waals surface area contributed by atoms with Crippen LogP contribution in [0.5, 0.6) is 0 Å². The van der Waals surface area contributed by atoms with Gasteiger partial charge in [-0.15, -0.1) is 6.58 Å². The lowest BCUT2D eigenvalue weighted by Gasteiger charge is -2.40. The third kappa shape index (κ3) is 7.11. The predicted molar refractivity (Wildman–Crippen MR) is 125 cm³/mol. The Hall–Kier alpha value is -2.77. The van der Waals surface area contributed by atoms with E-state index in [9.17, 15) is 33.5 Å². The highest BCUT2D eigenvalue weighted by Gasteiger charge is 2.46. The molecule has 1 aliphatic heterocycles. The zero-order chi connectivity index (χ0) is 24.7. The van der Waals surface area contributed by atoms with E-state index in [0.29, 0.717) is 29.1 Å². The van der Waals surface area contributed by atoms with Crippen molar-refractivity contribution >= 4 is 62.1 Å². The number of benzene rings is 1. The number of nitro groups is 1. The molecular formula is C20H20N2O8S3. The van der Waals surface area contributed by atoms with Crippen LogP contribution in [0.25, 0.3) is 0 Å². The van der Waals surface area contributed by atoms with Crippen LogP contribution >= 0.6 is 23.5 Å². The molecule has 0 saturated carbocycles. The van der Waals surface area contributed by atoms with Crippen LogP contribution in [0.15, 0.2) is 46.9 Å². The quantitative estimate of drug-likeness (QED) is 0.115. The summed E-state index contributed by atoms with van der Waals surface area (Å²) in [5.41, 5.74) is -0.0339. The number of β-lactam (4-membered cyclic amide) rings is 1. The molecule has 0 N–H and O–H groups in total. The minimum atomic E-state index is -1.56. The minimum Gasteiger partial charge on any atom is -0.456 e. The number of rotatable bonds is 10. The summed E-state index contributed by atoms with van der Waals surface area (Å²) < 4.78 is 17.8. The van der Waals surface area contributed by atoms with E-state index in [1.54, 1.807) is 0 Å². The smallest absolute Gasteiger partial charge is 0.357 e. The van der Waals surface area contributed by atoms with Gasteiger partial charge in [0.05, 0.1) is 15.6 Å². The molecule has 0 aromatic heterocycles. The molecule has 10 nitrogen and oxygen atoms in total. The molecule has 1 saturated heterocycles. The Morgan fingerprint density at radius 2 is 1.82 bits per heavy atom. The number of ether oxygens (including phenoxy) is 1. The van der Waals surface area contributed by atoms with Gasteiger partial charge in [0, 0.05) is 42.5 Å². The first kappa shape index (κ1) is 26.5. The van der Waals surface area contributed by atoms with Gasteiger partial charge >= 0.3 is 5.97 Å². The maximum absolute atomic E-state index is 13.1. The van der Waals surface area contributed by atoms with E-state index < -0.39 is 43.2 Å². The topological polar surface area (TPSA) is 141 Å². The number of hydrogen-bond donors (Lipinski definition) is 0. The monoisotopic (exact) mass is 512 g/mol. The molecule has 33 heavy (non-hydrogen) atoms. The Morgan fingerprint density at radius 1 is 1.24 bits per heavy atom. The summed E-state index contributed by atoms with van der Waals surface area (Å²) >= 11 is 1.18. The summed E-state index contributed by atoms with van der Waals surface area (Å²) in [5.74, 6) is -1.43. The molecule has 1 aromatic rings. The van der Waals surface area contributed by atoms with Crippen LogP contribution in [0.4, 0.5) is 5.69 Å². The lowest BCUT2D eigenvalue weighted by Crippen LogP contribution is -2.55. The van der Waals surface area contributed by atoms with Crippen LogP contribution in [0.2, 0.25) is 0 Å². The van der Waals surface area contributed by atoms with E-state index >= 15 is 0 Å². The van der Waals surface area contributed by atoms with E-state index in [1.807, 2.05) is 0 Å². The molecule has 0 bridgehead atoms. The largest absolute Gasteiger partial charge is 0.456 e. The van der Waals surface area contributed by atoms with E-state index in [1.165, 1.54) is 44.2 Å². The van der Waals surface area contributed by atoms with Crippen molar-refractivity contribution in [2.45, 2.75) is 32.2 Å². The van der Waals surface area contributed by atoms with Crippen LogP contribution < -0.4 is 0 Å². The van der Waals surface area contributed by atoms with Gasteiger partial charge in [-0.3, -0.25) is 33.6 Å². The number of likely N-dealkylation sites (tertiary alicyclic amines) is 1. The van der Waals surface area contributed by atoms with Gasteiger partial charge in [-0.2, -0.15) is 0 Å². The van der Waals surface area contributed by atoms with Crippen molar-refractivity contribution in [3.05, 3.63) is 62.5 Å². The lowest BCUT2D eigenvalue weighted by molar-refractivity contribution is -0.384. The number of thioether (sulfide) groups is 2. The lowest BCUT2D eigenvalue weighted by atomic mass is 10.2. The predicted octanol–water partition coefficient (Wildman–Crippen LogP) is 2.86. The van der Waals surface area contributed by atoms with Crippen molar-refractivity contribution < 1.29 is 33.0 Å². The van der Waals surface area contributed by atoms with Crippen molar-refractivity contribution in [1.29, 1.82) is 0 Å². The van der Waals surface area contributed by atoms with Gasteiger partial charge in [0.1, 0.15) is 12.0 Å². The van der Waals surface area contributed by atoms with Crippen LogP contribution in [0.3, 0.4) is 0 Å². The van der Waals surface area contributed by atoms with Crippen molar-refractivity contribution in [2.75, 3.05) is 5.75 Å². The number of non-ortho nitro benzene ring substituents is 1. The van der Waals surface area contributed by atoms with Gasteiger partial charge in [0.2, 0.25) is 5.91 Å².